The van der Waals surface area contributed by atoms with Gasteiger partial charge < -0.3 is 16.2 Å². The fraction of sp³-hybridized carbons (Fsp3) is 0.130. The first-order valence-corrected chi connectivity index (χ1v) is 8.96. The summed E-state index contributed by atoms with van der Waals surface area (Å²) in [4.78, 5) is 0. The molecule has 28 heavy (non-hydrogen) atoms. The van der Waals surface area contributed by atoms with Crippen molar-refractivity contribution in [3.8, 4) is 11.5 Å². The molecular formula is C23H24N4O. The molecule has 3 rings (SSSR count). The van der Waals surface area contributed by atoms with Crippen LogP contribution >= 0.6 is 0 Å². The molecule has 5 nitrogen and oxygen atoms in total. The number of nitrogens with one attached hydrogen (secondary N) is 2. The van der Waals surface area contributed by atoms with Gasteiger partial charge in [0.2, 0.25) is 0 Å². The molecule has 5 heteroatoms. The molecule has 0 radical (unpaired) electrons. The van der Waals surface area contributed by atoms with Gasteiger partial charge in [-0.15, -0.1) is 0 Å². The van der Waals surface area contributed by atoms with Crippen LogP contribution < -0.4 is 16.2 Å². The minimum absolute atomic E-state index is 0.120. The van der Waals surface area contributed by atoms with E-state index in [9.17, 15) is 0 Å². The van der Waals surface area contributed by atoms with E-state index in [4.69, 9.17) is 27.0 Å². The summed E-state index contributed by atoms with van der Waals surface area (Å²) in [6.07, 6.45) is 0. The minimum Gasteiger partial charge on any atom is -0.457 e. The third-order valence-corrected chi connectivity index (χ3v) is 4.88. The lowest BCUT2D eigenvalue weighted by Crippen LogP contribution is -2.20. The van der Waals surface area contributed by atoms with E-state index in [-0.39, 0.29) is 17.1 Å². The average molecular weight is 372 g/mol. The molecule has 0 bridgehead atoms. The highest BCUT2D eigenvalue weighted by Crippen LogP contribution is 2.33. The lowest BCUT2D eigenvalue weighted by Gasteiger charge is -2.26. The Morgan fingerprint density at radius 1 is 0.714 bits per heavy atom. The van der Waals surface area contributed by atoms with Gasteiger partial charge in [0.1, 0.15) is 23.2 Å². The summed E-state index contributed by atoms with van der Waals surface area (Å²) in [5, 5.41) is 15.3. The van der Waals surface area contributed by atoms with Crippen LogP contribution in [0.3, 0.4) is 0 Å². The van der Waals surface area contributed by atoms with Crippen LogP contribution in [0.15, 0.2) is 72.8 Å². The first-order valence-electron chi connectivity index (χ1n) is 8.96. The maximum atomic E-state index is 7.69. The van der Waals surface area contributed by atoms with Crippen LogP contribution in [0.5, 0.6) is 11.5 Å². The van der Waals surface area contributed by atoms with E-state index in [1.165, 1.54) is 11.1 Å². The van der Waals surface area contributed by atoms with Crippen LogP contribution in [0.2, 0.25) is 0 Å². The number of amidine groups is 2. The Morgan fingerprint density at radius 3 is 1.82 bits per heavy atom. The minimum atomic E-state index is -0.157. The van der Waals surface area contributed by atoms with Crippen LogP contribution in [0.1, 0.15) is 36.1 Å². The van der Waals surface area contributed by atoms with E-state index in [1.54, 1.807) is 18.2 Å². The van der Waals surface area contributed by atoms with Crippen molar-refractivity contribution >= 4 is 11.7 Å². The molecule has 0 aromatic heterocycles. The lowest BCUT2D eigenvalue weighted by atomic mass is 9.78. The van der Waals surface area contributed by atoms with Crippen LogP contribution in [0.25, 0.3) is 0 Å². The number of rotatable bonds is 6. The zero-order valence-electron chi connectivity index (χ0n) is 16.0. The molecule has 0 unspecified atom stereocenters. The highest BCUT2D eigenvalue weighted by atomic mass is 16.5. The first-order chi connectivity index (χ1) is 13.3. The number of hydrogen-bond donors (Lipinski definition) is 4. The Labute approximate surface area is 165 Å². The molecule has 3 aromatic rings. The molecule has 0 aliphatic carbocycles. The van der Waals surface area contributed by atoms with E-state index >= 15 is 0 Å². The molecular weight excluding hydrogens is 348 g/mol. The van der Waals surface area contributed by atoms with Gasteiger partial charge in [-0.05, 0) is 41.5 Å². The second-order valence-electron chi connectivity index (χ2n) is 7.15. The van der Waals surface area contributed by atoms with Gasteiger partial charge in [-0.25, -0.2) is 0 Å². The van der Waals surface area contributed by atoms with Gasteiger partial charge in [-0.1, -0.05) is 56.3 Å². The zero-order valence-corrected chi connectivity index (χ0v) is 16.0. The quantitative estimate of drug-likeness (QED) is 0.381. The Kier molecular flexibility index (Phi) is 5.18. The summed E-state index contributed by atoms with van der Waals surface area (Å²) < 4.78 is 5.91. The molecule has 142 valence electrons. The van der Waals surface area contributed by atoms with Crippen molar-refractivity contribution in [2.45, 2.75) is 19.3 Å². The van der Waals surface area contributed by atoms with Crippen molar-refractivity contribution in [3.63, 3.8) is 0 Å². The highest BCUT2D eigenvalue weighted by Gasteiger charge is 2.22. The van der Waals surface area contributed by atoms with Gasteiger partial charge in [0, 0.05) is 16.5 Å². The summed E-state index contributed by atoms with van der Waals surface area (Å²) in [5.41, 5.74) is 14.3. The molecule has 0 heterocycles. The molecule has 0 atom stereocenters. The maximum Gasteiger partial charge on any atom is 0.128 e. The molecule has 6 N–H and O–H groups in total. The number of ether oxygens (including phenoxy) is 1. The number of benzene rings is 3. The second kappa shape index (κ2) is 7.56. The molecule has 0 aliphatic rings. The fourth-order valence-electron chi connectivity index (χ4n) is 3.14. The van der Waals surface area contributed by atoms with Crippen LogP contribution in [0, 0.1) is 10.8 Å². The monoisotopic (exact) mass is 372 g/mol. The average Bonchev–Trinajstić information content (AvgIpc) is 2.69. The summed E-state index contributed by atoms with van der Waals surface area (Å²) in [5.74, 6) is 0.919. The van der Waals surface area contributed by atoms with Crippen molar-refractivity contribution in [2.75, 3.05) is 0 Å². The van der Waals surface area contributed by atoms with Crippen molar-refractivity contribution in [1.29, 1.82) is 10.8 Å². The Hall–Kier alpha value is -3.60. The molecule has 0 spiro atoms. The van der Waals surface area contributed by atoms with E-state index in [0.29, 0.717) is 22.6 Å². The molecule has 0 amide bonds. The molecule has 0 aliphatic heterocycles. The van der Waals surface area contributed by atoms with Crippen LogP contribution in [-0.2, 0) is 5.41 Å². The van der Waals surface area contributed by atoms with E-state index < -0.39 is 0 Å². The van der Waals surface area contributed by atoms with Gasteiger partial charge in [-0.3, -0.25) is 10.8 Å². The summed E-state index contributed by atoms with van der Waals surface area (Å²) in [6, 6.07) is 23.3. The van der Waals surface area contributed by atoms with E-state index in [1.807, 2.05) is 30.3 Å². The summed E-state index contributed by atoms with van der Waals surface area (Å²) in [7, 11) is 0. The first kappa shape index (κ1) is 19.2. The molecule has 3 aromatic carbocycles. The van der Waals surface area contributed by atoms with Gasteiger partial charge >= 0.3 is 0 Å². The Morgan fingerprint density at radius 2 is 1.25 bits per heavy atom. The van der Waals surface area contributed by atoms with Crippen LogP contribution in [0.4, 0.5) is 0 Å². The number of nitrogens with two attached hydrogens (primary N) is 2. The second-order valence-corrected chi connectivity index (χ2v) is 7.15. The highest BCUT2D eigenvalue weighted by molar-refractivity contribution is 6.08. The SMILES string of the molecule is CC(C)(c1ccccc1)c1ccc(Oc2ccc(C(=N)N)c(C(=N)N)c2)cc1. The van der Waals surface area contributed by atoms with Gasteiger partial charge in [0.05, 0.1) is 0 Å². The topological polar surface area (TPSA) is 109 Å². The largest absolute Gasteiger partial charge is 0.457 e. The third-order valence-electron chi connectivity index (χ3n) is 4.88. The number of nitrogen functional groups attached to an aromatic ring is 2. The van der Waals surface area contributed by atoms with Crippen LogP contribution in [-0.4, -0.2) is 11.7 Å². The Balaban J connectivity index is 1.84. The summed E-state index contributed by atoms with van der Waals surface area (Å²) in [6.45, 7) is 4.38. The van der Waals surface area contributed by atoms with Crippen molar-refractivity contribution in [3.05, 3.63) is 95.1 Å². The Bertz CT molecular complexity index is 1010. The lowest BCUT2D eigenvalue weighted by molar-refractivity contribution is 0.481. The van der Waals surface area contributed by atoms with Crippen molar-refractivity contribution in [2.24, 2.45) is 11.5 Å². The molecule has 0 saturated heterocycles. The maximum absolute atomic E-state index is 7.69. The predicted octanol–water partition coefficient (Wildman–Crippen LogP) is 4.37. The summed E-state index contributed by atoms with van der Waals surface area (Å²) >= 11 is 0. The van der Waals surface area contributed by atoms with Gasteiger partial charge in [0.25, 0.3) is 0 Å². The third kappa shape index (κ3) is 3.88. The van der Waals surface area contributed by atoms with Gasteiger partial charge in [-0.2, -0.15) is 0 Å². The standard InChI is InChI=1S/C23H24N4O/c1-23(2,15-6-4-3-5-7-15)16-8-10-17(11-9-16)28-18-12-13-19(21(24)25)20(14-18)22(26)27/h3-14H,1-2H3,(H3,24,25)(H3,26,27). The van der Waals surface area contributed by atoms with Crippen molar-refractivity contribution < 1.29 is 4.74 Å². The van der Waals surface area contributed by atoms with Crippen molar-refractivity contribution in [1.82, 2.24) is 0 Å². The number of hydrogen-bond acceptors (Lipinski definition) is 3. The normalized spacial score (nSPS) is 11.1. The molecule has 0 fully saturated rings. The smallest absolute Gasteiger partial charge is 0.128 e. The predicted molar refractivity (Wildman–Crippen MR) is 114 cm³/mol. The van der Waals surface area contributed by atoms with Gasteiger partial charge in [0.15, 0.2) is 0 Å². The fourth-order valence-corrected chi connectivity index (χ4v) is 3.14. The zero-order chi connectivity index (χ0) is 20.3. The molecule has 0 saturated carbocycles. The van der Waals surface area contributed by atoms with E-state index in [2.05, 4.69) is 38.1 Å². The van der Waals surface area contributed by atoms with E-state index in [0.717, 1.165) is 0 Å².